The van der Waals surface area contributed by atoms with E-state index in [1.165, 1.54) is 60.9 Å². The molecule has 0 spiro atoms. The zero-order valence-corrected chi connectivity index (χ0v) is 25.7. The Labute approximate surface area is 253 Å². The maximum absolute atomic E-state index is 15.3. The van der Waals surface area contributed by atoms with Gasteiger partial charge in [-0.1, -0.05) is 32.9 Å². The first-order valence-corrected chi connectivity index (χ1v) is 16.5. The zero-order chi connectivity index (χ0) is 32.2. The third-order valence-corrected chi connectivity index (χ3v) is 11.9. The number of aromatic nitrogens is 2. The number of nitrogens with one attached hydrogen (secondary N) is 3. The number of hydrogen-bond acceptors (Lipinski definition) is 6. The number of halogens is 2. The smallest absolute Gasteiger partial charge is 0.410 e. The van der Waals surface area contributed by atoms with Gasteiger partial charge in [-0.3, -0.25) is 14.9 Å². The second-order valence-corrected chi connectivity index (χ2v) is 16.2. The van der Waals surface area contributed by atoms with Gasteiger partial charge in [0.05, 0.1) is 12.2 Å². The Morgan fingerprint density at radius 2 is 1.70 bits per heavy atom. The summed E-state index contributed by atoms with van der Waals surface area (Å²) in [6.45, 7) is 10.2. The summed E-state index contributed by atoms with van der Waals surface area (Å²) in [7, 11) is -2.27. The van der Waals surface area contributed by atoms with Crippen molar-refractivity contribution in [2.24, 2.45) is 0 Å². The van der Waals surface area contributed by atoms with Gasteiger partial charge in [0.15, 0.2) is 19.9 Å². The van der Waals surface area contributed by atoms with Crippen LogP contribution in [0.2, 0.25) is 18.1 Å². The molecule has 2 amide bonds. The molecule has 2 aromatic heterocycles. The first-order valence-electron chi connectivity index (χ1n) is 13.5. The van der Waals surface area contributed by atoms with E-state index in [2.05, 4.69) is 41.4 Å². The Balaban J connectivity index is 1.60. The van der Waals surface area contributed by atoms with Crippen LogP contribution in [0.15, 0.2) is 71.8 Å². The number of benzene rings is 2. The number of carbonyl (C=O) groups excluding carboxylic acids is 1. The van der Waals surface area contributed by atoms with Crippen LogP contribution in [0.25, 0.3) is 11.1 Å². The minimum atomic E-state index is -2.27. The van der Waals surface area contributed by atoms with Crippen LogP contribution in [-0.2, 0) is 11.0 Å². The second-order valence-electron chi connectivity index (χ2n) is 11.4. The maximum Gasteiger partial charge on any atom is 0.410 e. The summed E-state index contributed by atoms with van der Waals surface area (Å²) in [5, 5.41) is 13.9. The minimum Gasteiger partial charge on any atom is -0.465 e. The van der Waals surface area contributed by atoms with E-state index in [0.717, 1.165) is 6.07 Å². The molecule has 2 aromatic carbocycles. The van der Waals surface area contributed by atoms with Crippen molar-refractivity contribution in [3.8, 4) is 22.6 Å². The molecule has 0 bridgehead atoms. The average Bonchev–Trinajstić information content (AvgIpc) is 2.93. The fourth-order valence-electron chi connectivity index (χ4n) is 3.94. The molecule has 4 rings (SSSR count). The highest BCUT2D eigenvalue weighted by Crippen LogP contribution is 2.39. The van der Waals surface area contributed by atoms with Gasteiger partial charge in [-0.05, 0) is 60.1 Å². The van der Waals surface area contributed by atoms with Crippen LogP contribution in [0.5, 0.6) is 11.5 Å². The molecule has 0 radical (unpaired) electrons. The molecule has 44 heavy (non-hydrogen) atoms. The molecule has 4 N–H and O–H groups in total. The largest absolute Gasteiger partial charge is 0.465 e. The molecule has 0 saturated heterocycles. The van der Waals surface area contributed by atoms with E-state index < -0.39 is 37.5 Å². The van der Waals surface area contributed by atoms with Crippen LogP contribution in [0.4, 0.5) is 25.1 Å². The van der Waals surface area contributed by atoms with Crippen LogP contribution in [0, 0.1) is 11.6 Å². The highest BCUT2D eigenvalue weighted by atomic mass is 28.4. The third kappa shape index (κ3) is 7.36. The molecule has 0 aliphatic carbocycles. The van der Waals surface area contributed by atoms with Gasteiger partial charge < -0.3 is 24.6 Å². The van der Waals surface area contributed by atoms with E-state index in [1.54, 1.807) is 0 Å². The molecule has 13 heteroatoms. The van der Waals surface area contributed by atoms with Gasteiger partial charge in [-0.15, -0.1) is 0 Å². The number of amides is 2. The van der Waals surface area contributed by atoms with Crippen LogP contribution in [0.3, 0.4) is 0 Å². The lowest BCUT2D eigenvalue weighted by Gasteiger charge is -2.36. The number of carbonyl (C=O) groups is 2. The fourth-order valence-corrected chi connectivity index (χ4v) is 4.87. The number of carboxylic acid groups (broad SMARTS) is 1. The van der Waals surface area contributed by atoms with E-state index >= 15 is 4.39 Å². The normalized spacial score (nSPS) is 11.6. The molecule has 2 heterocycles. The molecule has 0 aliphatic rings. The summed E-state index contributed by atoms with van der Waals surface area (Å²) in [5.41, 5.74) is 0.121. The van der Waals surface area contributed by atoms with Gasteiger partial charge in [-0.2, -0.15) is 0 Å². The van der Waals surface area contributed by atoms with Gasteiger partial charge in [-0.25, -0.2) is 18.6 Å². The lowest BCUT2D eigenvalue weighted by atomic mass is 10.0. The van der Waals surface area contributed by atoms with Gasteiger partial charge >= 0.3 is 6.09 Å². The Kier molecular flexibility index (Phi) is 9.30. The molecule has 0 atom stereocenters. The quantitative estimate of drug-likeness (QED) is 0.143. The molecule has 4 aromatic rings. The number of hydrogen-bond donors (Lipinski definition) is 4. The van der Waals surface area contributed by atoms with Gasteiger partial charge in [0.1, 0.15) is 22.9 Å². The molecule has 230 valence electrons. The first kappa shape index (κ1) is 32.0. The fraction of sp³-hybridized carbons (Fsp3) is 0.226. The second kappa shape index (κ2) is 12.8. The Hall–Kier alpha value is -4.88. The van der Waals surface area contributed by atoms with Gasteiger partial charge in [0.2, 0.25) is 0 Å². The lowest BCUT2D eigenvalue weighted by Crippen LogP contribution is -2.40. The van der Waals surface area contributed by atoms with Crippen LogP contribution in [0.1, 0.15) is 36.7 Å². The number of rotatable bonds is 9. The van der Waals surface area contributed by atoms with Crippen molar-refractivity contribution in [1.29, 1.82) is 0 Å². The summed E-state index contributed by atoms with van der Waals surface area (Å²) < 4.78 is 40.8. The Bertz CT molecular complexity index is 1750. The number of pyridine rings is 2. The first-order chi connectivity index (χ1) is 20.7. The van der Waals surface area contributed by atoms with Crippen molar-refractivity contribution in [3.63, 3.8) is 0 Å². The summed E-state index contributed by atoms with van der Waals surface area (Å²) in [6.07, 6.45) is 1.35. The van der Waals surface area contributed by atoms with Crippen molar-refractivity contribution >= 4 is 31.8 Å². The molecule has 0 fully saturated rings. The predicted octanol–water partition coefficient (Wildman–Crippen LogP) is 7.37. The minimum absolute atomic E-state index is 0.0111. The summed E-state index contributed by atoms with van der Waals surface area (Å²) >= 11 is 0. The van der Waals surface area contributed by atoms with Crippen molar-refractivity contribution in [3.05, 3.63) is 100 Å². The Morgan fingerprint density at radius 1 is 1.00 bits per heavy atom. The zero-order valence-electron chi connectivity index (χ0n) is 24.7. The number of aromatic amines is 1. The standard InChI is InChI=1S/C31H32F2N4O6Si/c1-31(2,3)44(4,5)42-17-22-24(13-15-34-27(22)37-30(40)41)43-25-11-10-20(16-23(25)33)36-29(39)26-21(12-14-35-28(26)38)18-6-8-19(32)9-7-18/h6-16H,17H2,1-5H3,(H,34,37)(H,35,38)(H,36,39)(H,40,41). The molecular weight excluding hydrogens is 590 g/mol. The summed E-state index contributed by atoms with van der Waals surface area (Å²) in [5.74, 6) is -2.22. The highest BCUT2D eigenvalue weighted by Gasteiger charge is 2.37. The SMILES string of the molecule is CC(C)(C)[Si](C)(C)OCc1c(Oc2ccc(NC(=O)c3c(-c4ccc(F)cc4)cc[nH]c3=O)cc2F)ccnc1NC(=O)O. The van der Waals surface area contributed by atoms with E-state index in [9.17, 15) is 23.9 Å². The molecule has 0 unspecified atom stereocenters. The predicted molar refractivity (Wildman–Crippen MR) is 165 cm³/mol. The number of ether oxygens (including phenoxy) is 1. The highest BCUT2D eigenvalue weighted by molar-refractivity contribution is 6.74. The van der Waals surface area contributed by atoms with E-state index in [0.29, 0.717) is 5.56 Å². The summed E-state index contributed by atoms with van der Waals surface area (Å²) in [6, 6.07) is 12.0. The van der Waals surface area contributed by atoms with Crippen LogP contribution < -0.4 is 20.9 Å². The van der Waals surface area contributed by atoms with Gasteiger partial charge in [0, 0.05) is 29.7 Å². The monoisotopic (exact) mass is 622 g/mol. The third-order valence-electron chi connectivity index (χ3n) is 7.37. The van der Waals surface area contributed by atoms with Crippen molar-refractivity contribution < 1.29 is 32.6 Å². The van der Waals surface area contributed by atoms with Gasteiger partial charge in [0.25, 0.3) is 11.5 Å². The Morgan fingerprint density at radius 3 is 2.34 bits per heavy atom. The molecule has 0 aliphatic heterocycles. The molecule has 0 saturated carbocycles. The summed E-state index contributed by atoms with van der Waals surface area (Å²) in [4.78, 5) is 43.7. The van der Waals surface area contributed by atoms with Crippen LogP contribution in [-0.4, -0.2) is 35.4 Å². The maximum atomic E-state index is 15.3. The van der Waals surface area contributed by atoms with Crippen LogP contribution >= 0.6 is 0 Å². The lowest BCUT2D eigenvalue weighted by molar-refractivity contribution is 0.102. The molecular formula is C31H32F2N4O6Si. The number of nitrogens with zero attached hydrogens (tertiary/aromatic N) is 1. The number of anilines is 2. The topological polar surface area (TPSA) is 143 Å². The van der Waals surface area contributed by atoms with Crippen molar-refractivity contribution in [2.75, 3.05) is 10.6 Å². The number of H-pyrrole nitrogens is 1. The van der Waals surface area contributed by atoms with Crippen molar-refractivity contribution in [1.82, 2.24) is 9.97 Å². The van der Waals surface area contributed by atoms with E-state index in [-0.39, 0.29) is 51.3 Å². The van der Waals surface area contributed by atoms with Crippen molar-refractivity contribution in [2.45, 2.75) is 45.5 Å². The average molecular weight is 623 g/mol. The molecule has 10 nitrogen and oxygen atoms in total. The van der Waals surface area contributed by atoms with E-state index in [4.69, 9.17) is 9.16 Å². The van der Waals surface area contributed by atoms with E-state index in [1.807, 2.05) is 13.1 Å².